The summed E-state index contributed by atoms with van der Waals surface area (Å²) in [5.41, 5.74) is -0.215. The molecular formula is C7H4N2O3. The van der Waals surface area contributed by atoms with Crippen LogP contribution in [0.1, 0.15) is 5.56 Å². The maximum Gasteiger partial charge on any atom is 0.274 e. The number of non-ortho nitro benzene ring substituents is 1. The van der Waals surface area contributed by atoms with Crippen molar-refractivity contribution in [1.82, 2.24) is 0 Å². The number of hydrogen-bond donors (Lipinski definition) is 1. The van der Waals surface area contributed by atoms with Gasteiger partial charge in [0, 0.05) is 6.07 Å². The fourth-order valence-electron chi connectivity index (χ4n) is 0.765. The van der Waals surface area contributed by atoms with E-state index >= 15 is 0 Å². The third kappa shape index (κ3) is 1.49. The Bertz CT molecular complexity index is 367. The van der Waals surface area contributed by atoms with Crippen LogP contribution < -0.4 is 0 Å². The van der Waals surface area contributed by atoms with Crippen molar-refractivity contribution in [2.24, 2.45) is 0 Å². The zero-order valence-corrected chi connectivity index (χ0v) is 5.89. The predicted octanol–water partition coefficient (Wildman–Crippen LogP) is 1.17. The highest BCUT2D eigenvalue weighted by atomic mass is 16.6. The second kappa shape index (κ2) is 2.88. The average molecular weight is 164 g/mol. The van der Waals surface area contributed by atoms with Crippen molar-refractivity contribution < 1.29 is 10.0 Å². The number of nitro groups is 1. The van der Waals surface area contributed by atoms with Gasteiger partial charge in [-0.15, -0.1) is 0 Å². The molecule has 0 bridgehead atoms. The van der Waals surface area contributed by atoms with E-state index in [2.05, 4.69) is 0 Å². The van der Waals surface area contributed by atoms with Crippen molar-refractivity contribution in [1.29, 1.82) is 5.26 Å². The smallest absolute Gasteiger partial charge is 0.274 e. The van der Waals surface area contributed by atoms with E-state index in [1.54, 1.807) is 6.07 Å². The summed E-state index contributed by atoms with van der Waals surface area (Å²) in [4.78, 5) is 9.54. The quantitative estimate of drug-likeness (QED) is 0.498. The summed E-state index contributed by atoms with van der Waals surface area (Å²) in [5.74, 6) is -0.277. The molecule has 0 spiro atoms. The van der Waals surface area contributed by atoms with Crippen molar-refractivity contribution >= 4 is 5.69 Å². The third-order valence-corrected chi connectivity index (χ3v) is 1.24. The summed E-state index contributed by atoms with van der Waals surface area (Å²) in [6.45, 7) is 0. The van der Waals surface area contributed by atoms with E-state index in [1.807, 2.05) is 0 Å². The zero-order chi connectivity index (χ0) is 9.14. The molecule has 0 aliphatic carbocycles. The van der Waals surface area contributed by atoms with Crippen LogP contribution in [0.2, 0.25) is 0 Å². The number of nitriles is 1. The SMILES string of the molecule is N#Cc1cc(O)cc([N+](=O)[O-])c1. The van der Waals surface area contributed by atoms with E-state index in [0.29, 0.717) is 0 Å². The highest BCUT2D eigenvalue weighted by Crippen LogP contribution is 2.20. The topological polar surface area (TPSA) is 87.2 Å². The molecule has 5 heteroatoms. The Balaban J connectivity index is 3.26. The van der Waals surface area contributed by atoms with E-state index < -0.39 is 4.92 Å². The van der Waals surface area contributed by atoms with Gasteiger partial charge in [0.2, 0.25) is 0 Å². The minimum absolute atomic E-state index is 0.0710. The van der Waals surface area contributed by atoms with E-state index in [1.165, 1.54) is 0 Å². The molecule has 5 nitrogen and oxygen atoms in total. The highest BCUT2D eigenvalue weighted by Gasteiger charge is 2.08. The van der Waals surface area contributed by atoms with Crippen LogP contribution in [0.5, 0.6) is 5.75 Å². The maximum atomic E-state index is 10.2. The standard InChI is InChI=1S/C7H4N2O3/c8-4-5-1-6(9(11)12)3-7(10)2-5/h1-3,10H. The van der Waals surface area contributed by atoms with Crippen LogP contribution in [0.4, 0.5) is 5.69 Å². The van der Waals surface area contributed by atoms with Crippen LogP contribution in [0, 0.1) is 21.4 Å². The molecule has 1 aromatic rings. The molecule has 0 aromatic heterocycles. The van der Waals surface area contributed by atoms with Crippen molar-refractivity contribution in [2.45, 2.75) is 0 Å². The van der Waals surface area contributed by atoms with Gasteiger partial charge >= 0.3 is 0 Å². The van der Waals surface area contributed by atoms with Crippen molar-refractivity contribution in [3.63, 3.8) is 0 Å². The maximum absolute atomic E-state index is 10.2. The molecule has 0 amide bonds. The lowest BCUT2D eigenvalue weighted by molar-refractivity contribution is -0.384. The first-order valence-corrected chi connectivity index (χ1v) is 3.02. The molecule has 0 aliphatic heterocycles. The number of hydrogen-bond acceptors (Lipinski definition) is 4. The largest absolute Gasteiger partial charge is 0.508 e. The van der Waals surface area contributed by atoms with Gasteiger partial charge in [0.05, 0.1) is 22.6 Å². The van der Waals surface area contributed by atoms with Crippen molar-refractivity contribution in [3.05, 3.63) is 33.9 Å². The second-order valence-electron chi connectivity index (χ2n) is 2.11. The van der Waals surface area contributed by atoms with Crippen molar-refractivity contribution in [3.8, 4) is 11.8 Å². The summed E-state index contributed by atoms with van der Waals surface area (Å²) in [6, 6.07) is 4.94. The highest BCUT2D eigenvalue weighted by molar-refractivity contribution is 5.46. The average Bonchev–Trinajstić information content (AvgIpc) is 2.03. The molecule has 1 N–H and O–H groups in total. The molecule has 60 valence electrons. The number of rotatable bonds is 1. The van der Waals surface area contributed by atoms with E-state index in [9.17, 15) is 10.1 Å². The Hall–Kier alpha value is -2.09. The molecule has 0 radical (unpaired) electrons. The summed E-state index contributed by atoms with van der Waals surface area (Å²) in [6.07, 6.45) is 0. The Kier molecular flexibility index (Phi) is 1.92. The first-order valence-electron chi connectivity index (χ1n) is 3.02. The minimum Gasteiger partial charge on any atom is -0.508 e. The van der Waals surface area contributed by atoms with Gasteiger partial charge in [-0.1, -0.05) is 0 Å². The molecule has 0 heterocycles. The second-order valence-corrected chi connectivity index (χ2v) is 2.11. The number of aromatic hydroxyl groups is 1. The summed E-state index contributed by atoms with van der Waals surface area (Å²) in [5, 5.41) is 27.5. The Labute approximate surface area is 67.6 Å². The van der Waals surface area contributed by atoms with Crippen LogP contribution in [-0.4, -0.2) is 10.0 Å². The number of phenols is 1. The molecule has 0 saturated heterocycles. The van der Waals surface area contributed by atoms with Crippen LogP contribution in [0.15, 0.2) is 18.2 Å². The fourth-order valence-corrected chi connectivity index (χ4v) is 0.765. The van der Waals surface area contributed by atoms with Crippen LogP contribution in [0.3, 0.4) is 0 Å². The molecular weight excluding hydrogens is 160 g/mol. The lowest BCUT2D eigenvalue weighted by Crippen LogP contribution is -1.88. The molecule has 12 heavy (non-hydrogen) atoms. The molecule has 0 saturated carbocycles. The van der Waals surface area contributed by atoms with Crippen LogP contribution in [0.25, 0.3) is 0 Å². The van der Waals surface area contributed by atoms with E-state index in [4.69, 9.17) is 10.4 Å². The monoisotopic (exact) mass is 164 g/mol. The lowest BCUT2D eigenvalue weighted by Gasteiger charge is -1.93. The first-order chi connectivity index (χ1) is 5.63. The minimum atomic E-state index is -0.666. The molecule has 1 rings (SSSR count). The normalized spacial score (nSPS) is 8.92. The number of nitro benzene ring substituents is 1. The Morgan fingerprint density at radius 1 is 1.50 bits per heavy atom. The molecule has 0 fully saturated rings. The Morgan fingerprint density at radius 2 is 2.17 bits per heavy atom. The van der Waals surface area contributed by atoms with Crippen LogP contribution in [-0.2, 0) is 0 Å². The van der Waals surface area contributed by atoms with Gasteiger partial charge in [0.15, 0.2) is 0 Å². The van der Waals surface area contributed by atoms with Crippen LogP contribution >= 0.6 is 0 Å². The molecule has 1 aromatic carbocycles. The van der Waals surface area contributed by atoms with Gasteiger partial charge in [0.25, 0.3) is 5.69 Å². The van der Waals surface area contributed by atoms with E-state index in [-0.39, 0.29) is 17.0 Å². The molecule has 0 unspecified atom stereocenters. The molecule has 0 atom stereocenters. The van der Waals surface area contributed by atoms with Gasteiger partial charge in [-0.25, -0.2) is 0 Å². The first kappa shape index (κ1) is 8.01. The van der Waals surface area contributed by atoms with Gasteiger partial charge in [-0.3, -0.25) is 10.1 Å². The zero-order valence-electron chi connectivity index (χ0n) is 5.89. The number of phenolic OH excluding ortho intramolecular Hbond substituents is 1. The van der Waals surface area contributed by atoms with Gasteiger partial charge in [0.1, 0.15) is 5.75 Å². The molecule has 0 aliphatic rings. The fraction of sp³-hybridized carbons (Fsp3) is 0. The lowest BCUT2D eigenvalue weighted by atomic mass is 10.2. The van der Waals surface area contributed by atoms with Gasteiger partial charge in [-0.2, -0.15) is 5.26 Å². The number of benzene rings is 1. The third-order valence-electron chi connectivity index (χ3n) is 1.24. The summed E-state index contributed by atoms with van der Waals surface area (Å²) >= 11 is 0. The predicted molar refractivity (Wildman–Crippen MR) is 39.5 cm³/mol. The van der Waals surface area contributed by atoms with Crippen molar-refractivity contribution in [2.75, 3.05) is 0 Å². The van der Waals surface area contributed by atoms with Gasteiger partial charge < -0.3 is 5.11 Å². The number of nitrogens with zero attached hydrogens (tertiary/aromatic N) is 2. The van der Waals surface area contributed by atoms with E-state index in [0.717, 1.165) is 18.2 Å². The summed E-state index contributed by atoms with van der Waals surface area (Å²) < 4.78 is 0. The van der Waals surface area contributed by atoms with Gasteiger partial charge in [-0.05, 0) is 6.07 Å². The summed E-state index contributed by atoms with van der Waals surface area (Å²) in [7, 11) is 0. The Morgan fingerprint density at radius 3 is 2.67 bits per heavy atom.